The Kier molecular flexibility index (Phi) is 4.58. The van der Waals surface area contributed by atoms with Gasteiger partial charge in [-0.2, -0.15) is 0 Å². The van der Waals surface area contributed by atoms with Gasteiger partial charge in [-0.05, 0) is 33.2 Å². The molecule has 2 rings (SSSR count). The normalized spacial score (nSPS) is 29.9. The van der Waals surface area contributed by atoms with Crippen LogP contribution in [0.1, 0.15) is 39.0 Å². The molecule has 2 aliphatic carbocycles. The van der Waals surface area contributed by atoms with E-state index in [0.29, 0.717) is 24.1 Å². The van der Waals surface area contributed by atoms with Gasteiger partial charge in [-0.15, -0.1) is 0 Å². The van der Waals surface area contributed by atoms with Crippen molar-refractivity contribution in [3.63, 3.8) is 0 Å². The van der Waals surface area contributed by atoms with Crippen molar-refractivity contribution in [2.75, 3.05) is 32.2 Å². The Morgan fingerprint density at radius 2 is 1.95 bits per heavy atom. The van der Waals surface area contributed by atoms with Gasteiger partial charge >= 0.3 is 0 Å². The summed E-state index contributed by atoms with van der Waals surface area (Å²) < 4.78 is 28.5. The third-order valence-electron chi connectivity index (χ3n) is 4.99. The van der Waals surface area contributed by atoms with Crippen molar-refractivity contribution in [3.05, 3.63) is 0 Å². The van der Waals surface area contributed by atoms with Crippen LogP contribution in [0.5, 0.6) is 0 Å². The van der Waals surface area contributed by atoms with Crippen molar-refractivity contribution in [2.24, 2.45) is 5.41 Å². The molecule has 4 nitrogen and oxygen atoms in total. The highest BCUT2D eigenvalue weighted by Crippen LogP contribution is 2.56. The molecule has 19 heavy (non-hydrogen) atoms. The molecule has 1 spiro atoms. The van der Waals surface area contributed by atoms with Crippen molar-refractivity contribution in [3.8, 4) is 0 Å². The van der Waals surface area contributed by atoms with E-state index in [1.807, 2.05) is 0 Å². The van der Waals surface area contributed by atoms with Crippen molar-refractivity contribution < 1.29 is 13.2 Å². The Labute approximate surface area is 117 Å². The second-order valence-corrected chi connectivity index (χ2v) is 8.51. The van der Waals surface area contributed by atoms with E-state index >= 15 is 0 Å². The van der Waals surface area contributed by atoms with E-state index in [1.165, 1.54) is 31.9 Å². The summed E-state index contributed by atoms with van der Waals surface area (Å²) in [6, 6.07) is 0.508. The minimum Gasteiger partial charge on any atom is -0.378 e. The fourth-order valence-electron chi connectivity index (χ4n) is 3.93. The summed E-state index contributed by atoms with van der Waals surface area (Å²) in [5.41, 5.74) is 0.308. The maximum atomic E-state index is 11.3. The molecule has 5 heteroatoms. The van der Waals surface area contributed by atoms with Gasteiger partial charge in [-0.25, -0.2) is 8.42 Å². The minimum atomic E-state index is -2.87. The van der Waals surface area contributed by atoms with E-state index in [2.05, 4.69) is 18.9 Å². The van der Waals surface area contributed by atoms with Crippen LogP contribution in [0.2, 0.25) is 0 Å². The summed E-state index contributed by atoms with van der Waals surface area (Å²) in [5.74, 6) is 0.259. The fourth-order valence-corrected chi connectivity index (χ4v) is 4.55. The molecule has 0 bridgehead atoms. The van der Waals surface area contributed by atoms with Gasteiger partial charge in [0, 0.05) is 30.9 Å². The summed E-state index contributed by atoms with van der Waals surface area (Å²) >= 11 is 0. The molecule has 2 fully saturated rings. The third-order valence-corrected chi connectivity index (χ3v) is 5.92. The zero-order valence-corrected chi connectivity index (χ0v) is 13.2. The predicted octanol–water partition coefficient (Wildman–Crippen LogP) is 1.70. The second kappa shape index (κ2) is 5.70. The predicted molar refractivity (Wildman–Crippen MR) is 77.1 cm³/mol. The van der Waals surface area contributed by atoms with Gasteiger partial charge in [-0.3, -0.25) is 0 Å². The van der Waals surface area contributed by atoms with Gasteiger partial charge in [-0.1, -0.05) is 12.8 Å². The SMILES string of the molecule is CCO[C@@H]1C[C@@H](N(C)CCS(C)(=O)=O)C12CCCC2. The molecule has 0 N–H and O–H groups in total. The second-order valence-electron chi connectivity index (χ2n) is 6.25. The molecule has 0 aromatic rings. The van der Waals surface area contributed by atoms with E-state index in [9.17, 15) is 8.42 Å². The molecule has 0 saturated heterocycles. The monoisotopic (exact) mass is 289 g/mol. The van der Waals surface area contributed by atoms with Crippen molar-refractivity contribution in [2.45, 2.75) is 51.2 Å². The molecule has 0 amide bonds. The van der Waals surface area contributed by atoms with E-state index in [-0.39, 0.29) is 5.75 Å². The van der Waals surface area contributed by atoms with Crippen LogP contribution in [0.15, 0.2) is 0 Å². The van der Waals surface area contributed by atoms with Gasteiger partial charge in [0.2, 0.25) is 0 Å². The van der Waals surface area contributed by atoms with Crippen LogP contribution in [0.4, 0.5) is 0 Å². The summed E-state index contributed by atoms with van der Waals surface area (Å²) in [7, 11) is -0.801. The van der Waals surface area contributed by atoms with E-state index in [0.717, 1.165) is 13.0 Å². The lowest BCUT2D eigenvalue weighted by Crippen LogP contribution is -2.63. The van der Waals surface area contributed by atoms with E-state index in [1.54, 1.807) is 0 Å². The van der Waals surface area contributed by atoms with Crippen LogP contribution in [-0.2, 0) is 14.6 Å². The maximum Gasteiger partial charge on any atom is 0.148 e. The van der Waals surface area contributed by atoms with Gasteiger partial charge in [0.1, 0.15) is 9.84 Å². The minimum absolute atomic E-state index is 0.259. The van der Waals surface area contributed by atoms with Crippen LogP contribution >= 0.6 is 0 Å². The summed E-state index contributed by atoms with van der Waals surface area (Å²) in [4.78, 5) is 2.25. The topological polar surface area (TPSA) is 46.6 Å². The molecular weight excluding hydrogens is 262 g/mol. The van der Waals surface area contributed by atoms with Crippen LogP contribution in [0.3, 0.4) is 0 Å². The van der Waals surface area contributed by atoms with Gasteiger partial charge in [0.15, 0.2) is 0 Å². The molecule has 0 aliphatic heterocycles. The molecule has 2 atom stereocenters. The average molecular weight is 289 g/mol. The molecule has 0 aromatic carbocycles. The van der Waals surface area contributed by atoms with Crippen LogP contribution in [0.25, 0.3) is 0 Å². The van der Waals surface area contributed by atoms with Crippen LogP contribution < -0.4 is 0 Å². The standard InChI is InChI=1S/C14H27NO3S/c1-4-18-13-11-12(14(13)7-5-6-8-14)15(2)9-10-19(3,16)17/h12-13H,4-11H2,1-3H3/t12-,13-/m1/s1. The molecule has 0 unspecified atom stereocenters. The quantitative estimate of drug-likeness (QED) is 0.747. The number of ether oxygens (including phenoxy) is 1. The molecule has 0 radical (unpaired) electrons. The van der Waals surface area contributed by atoms with Crippen molar-refractivity contribution >= 4 is 9.84 Å². The van der Waals surface area contributed by atoms with E-state index < -0.39 is 9.84 Å². The first-order valence-corrected chi connectivity index (χ1v) is 9.44. The van der Waals surface area contributed by atoms with Crippen LogP contribution in [-0.4, -0.2) is 57.7 Å². The molecule has 0 heterocycles. The Hall–Kier alpha value is -0.130. The highest BCUT2D eigenvalue weighted by molar-refractivity contribution is 7.90. The zero-order chi connectivity index (χ0) is 14.1. The molecular formula is C14H27NO3S. The molecule has 2 saturated carbocycles. The van der Waals surface area contributed by atoms with Gasteiger partial charge < -0.3 is 9.64 Å². The highest BCUT2D eigenvalue weighted by Gasteiger charge is 2.57. The summed E-state index contributed by atoms with van der Waals surface area (Å²) in [6.45, 7) is 3.49. The number of sulfone groups is 1. The van der Waals surface area contributed by atoms with E-state index in [4.69, 9.17) is 4.74 Å². The smallest absolute Gasteiger partial charge is 0.148 e. The Balaban J connectivity index is 1.97. The van der Waals surface area contributed by atoms with Crippen LogP contribution in [0, 0.1) is 5.41 Å². The lowest BCUT2D eigenvalue weighted by atomic mass is 9.60. The van der Waals surface area contributed by atoms with Crippen molar-refractivity contribution in [1.82, 2.24) is 4.90 Å². The zero-order valence-electron chi connectivity index (χ0n) is 12.4. The average Bonchev–Trinajstić information content (AvgIpc) is 2.82. The first kappa shape index (κ1) is 15.3. The lowest BCUT2D eigenvalue weighted by molar-refractivity contribution is -0.159. The number of nitrogens with zero attached hydrogens (tertiary/aromatic N) is 1. The summed E-state index contributed by atoms with van der Waals surface area (Å²) in [6.07, 6.45) is 7.84. The molecule has 112 valence electrons. The maximum absolute atomic E-state index is 11.3. The Morgan fingerprint density at radius 3 is 2.47 bits per heavy atom. The number of rotatable bonds is 6. The Morgan fingerprint density at radius 1 is 1.32 bits per heavy atom. The first-order chi connectivity index (χ1) is 8.89. The summed E-state index contributed by atoms with van der Waals surface area (Å²) in [5, 5.41) is 0. The van der Waals surface area contributed by atoms with Gasteiger partial charge in [0.25, 0.3) is 0 Å². The Bertz CT molecular complexity index is 401. The largest absolute Gasteiger partial charge is 0.378 e. The number of hydrogen-bond donors (Lipinski definition) is 0. The lowest BCUT2D eigenvalue weighted by Gasteiger charge is -2.57. The fraction of sp³-hybridized carbons (Fsp3) is 1.00. The first-order valence-electron chi connectivity index (χ1n) is 7.38. The molecule has 2 aliphatic rings. The molecule has 0 aromatic heterocycles. The van der Waals surface area contributed by atoms with Gasteiger partial charge in [0.05, 0.1) is 11.9 Å². The number of hydrogen-bond acceptors (Lipinski definition) is 4. The highest BCUT2D eigenvalue weighted by atomic mass is 32.2. The third kappa shape index (κ3) is 3.14. The van der Waals surface area contributed by atoms with Crippen molar-refractivity contribution in [1.29, 1.82) is 0 Å².